The summed E-state index contributed by atoms with van der Waals surface area (Å²) in [5.74, 6) is 2.56. The third-order valence-electron chi connectivity index (χ3n) is 5.21. The van der Waals surface area contributed by atoms with E-state index in [2.05, 4.69) is 34.3 Å². The van der Waals surface area contributed by atoms with Gasteiger partial charge in [-0.15, -0.1) is 0 Å². The van der Waals surface area contributed by atoms with E-state index in [1.54, 1.807) is 16.1 Å². The van der Waals surface area contributed by atoms with Crippen LogP contribution in [0.3, 0.4) is 0 Å². The second kappa shape index (κ2) is 10.7. The zero-order valence-corrected chi connectivity index (χ0v) is 19.0. The lowest BCUT2D eigenvalue weighted by atomic mass is 10.0. The first kappa shape index (κ1) is 22.4. The van der Waals surface area contributed by atoms with Crippen LogP contribution in [-0.2, 0) is 14.8 Å². The molecule has 0 bridgehead atoms. The number of aliphatic imine (C=N–C) groups is 1. The monoisotopic (exact) mass is 440 g/mol. The molecule has 2 aliphatic rings. The Hall–Kier alpha value is -1.29. The molecule has 1 aromatic rings. The summed E-state index contributed by atoms with van der Waals surface area (Å²) in [6.45, 7) is 8.40. The summed E-state index contributed by atoms with van der Waals surface area (Å²) in [4.78, 5) is 6.81. The summed E-state index contributed by atoms with van der Waals surface area (Å²) >= 11 is 1.81. The Kier molecular flexibility index (Phi) is 8.23. The molecule has 1 aromatic carbocycles. The predicted molar refractivity (Wildman–Crippen MR) is 120 cm³/mol. The number of rotatable bonds is 6. The summed E-state index contributed by atoms with van der Waals surface area (Å²) in [7, 11) is -3.24. The van der Waals surface area contributed by atoms with Crippen LogP contribution in [-0.4, -0.2) is 86.7 Å². The number of benzene rings is 1. The van der Waals surface area contributed by atoms with Crippen LogP contribution in [0.4, 0.5) is 0 Å². The van der Waals surface area contributed by atoms with E-state index in [0.717, 1.165) is 30.6 Å². The summed E-state index contributed by atoms with van der Waals surface area (Å²) in [5.41, 5.74) is 2.41. The van der Waals surface area contributed by atoms with Gasteiger partial charge in [0.15, 0.2) is 5.96 Å². The summed E-state index contributed by atoms with van der Waals surface area (Å²) in [5, 5.41) is 3.31. The van der Waals surface area contributed by atoms with E-state index in [-0.39, 0.29) is 18.4 Å². The van der Waals surface area contributed by atoms with Crippen molar-refractivity contribution in [3.05, 3.63) is 35.4 Å². The Bertz CT molecular complexity index is 795. The van der Waals surface area contributed by atoms with Crippen LogP contribution in [0.5, 0.6) is 0 Å². The lowest BCUT2D eigenvalue weighted by Crippen LogP contribution is -2.48. The molecule has 9 heteroatoms. The lowest BCUT2D eigenvalue weighted by Gasteiger charge is -2.36. The zero-order chi connectivity index (χ0) is 20.7. The van der Waals surface area contributed by atoms with Crippen LogP contribution in [0, 0.1) is 6.92 Å². The van der Waals surface area contributed by atoms with Crippen molar-refractivity contribution in [2.75, 3.05) is 63.1 Å². The molecule has 1 unspecified atom stereocenters. The van der Waals surface area contributed by atoms with Crippen molar-refractivity contribution >= 4 is 27.7 Å². The van der Waals surface area contributed by atoms with Crippen LogP contribution in [0.15, 0.2) is 29.3 Å². The minimum atomic E-state index is -3.24. The second-order valence-electron chi connectivity index (χ2n) is 7.23. The normalized spacial score (nSPS) is 21.9. The summed E-state index contributed by atoms with van der Waals surface area (Å²) in [6.07, 6.45) is -0.0108. The van der Waals surface area contributed by atoms with E-state index in [1.807, 2.05) is 19.1 Å². The number of morpholine rings is 1. The van der Waals surface area contributed by atoms with E-state index in [1.165, 1.54) is 11.1 Å². The van der Waals surface area contributed by atoms with Crippen molar-refractivity contribution in [3.63, 3.8) is 0 Å². The van der Waals surface area contributed by atoms with Crippen LogP contribution in [0.1, 0.15) is 24.2 Å². The molecule has 0 spiro atoms. The molecule has 29 heavy (non-hydrogen) atoms. The number of sulfonamides is 1. The molecule has 0 amide bonds. The van der Waals surface area contributed by atoms with Gasteiger partial charge in [0.2, 0.25) is 10.0 Å². The van der Waals surface area contributed by atoms with Gasteiger partial charge in [-0.25, -0.2) is 12.7 Å². The number of guanidine groups is 1. The van der Waals surface area contributed by atoms with Gasteiger partial charge >= 0.3 is 0 Å². The highest BCUT2D eigenvalue weighted by atomic mass is 32.2. The quantitative estimate of drug-likeness (QED) is 0.536. The number of hydrogen-bond donors (Lipinski definition) is 1. The first-order valence-electron chi connectivity index (χ1n) is 10.3. The van der Waals surface area contributed by atoms with Crippen LogP contribution < -0.4 is 5.32 Å². The third kappa shape index (κ3) is 6.10. The molecule has 0 radical (unpaired) electrons. The van der Waals surface area contributed by atoms with E-state index in [4.69, 9.17) is 4.74 Å². The SMILES string of the molecule is CCNC(=NCCS(=O)(=O)N1CCSCC1)N1CCOC(c2ccccc2C)C1. The van der Waals surface area contributed by atoms with Crippen molar-refractivity contribution in [2.45, 2.75) is 20.0 Å². The third-order valence-corrected chi connectivity index (χ3v) is 8.00. The molecule has 2 saturated heterocycles. The van der Waals surface area contributed by atoms with E-state index in [0.29, 0.717) is 26.2 Å². The van der Waals surface area contributed by atoms with Gasteiger partial charge in [0.1, 0.15) is 6.10 Å². The molecule has 0 saturated carbocycles. The van der Waals surface area contributed by atoms with Crippen LogP contribution in [0.2, 0.25) is 0 Å². The highest BCUT2D eigenvalue weighted by Crippen LogP contribution is 2.25. The number of nitrogens with zero attached hydrogens (tertiary/aromatic N) is 3. The molecular formula is C20H32N4O3S2. The van der Waals surface area contributed by atoms with Gasteiger partial charge in [-0.1, -0.05) is 24.3 Å². The molecule has 162 valence electrons. The number of thioether (sulfide) groups is 1. The van der Waals surface area contributed by atoms with Crippen LogP contribution in [0.25, 0.3) is 0 Å². The largest absolute Gasteiger partial charge is 0.370 e. The smallest absolute Gasteiger partial charge is 0.215 e. The Balaban J connectivity index is 1.64. The maximum absolute atomic E-state index is 12.6. The number of hydrogen-bond acceptors (Lipinski definition) is 5. The van der Waals surface area contributed by atoms with Crippen molar-refractivity contribution in [3.8, 4) is 0 Å². The average Bonchev–Trinajstić information content (AvgIpc) is 2.74. The molecule has 1 atom stereocenters. The fourth-order valence-corrected chi connectivity index (χ4v) is 6.08. The minimum absolute atomic E-state index is 0.0108. The molecule has 1 N–H and O–H groups in total. The molecule has 3 rings (SSSR count). The van der Waals surface area contributed by atoms with Gasteiger partial charge < -0.3 is 15.0 Å². The van der Waals surface area contributed by atoms with E-state index >= 15 is 0 Å². The van der Waals surface area contributed by atoms with Gasteiger partial charge in [0, 0.05) is 37.7 Å². The van der Waals surface area contributed by atoms with Crippen molar-refractivity contribution in [2.24, 2.45) is 4.99 Å². The predicted octanol–water partition coefficient (Wildman–Crippen LogP) is 1.71. The number of aryl methyl sites for hydroxylation is 1. The Morgan fingerprint density at radius 3 is 2.76 bits per heavy atom. The van der Waals surface area contributed by atoms with Crippen molar-refractivity contribution in [1.29, 1.82) is 0 Å². The first-order valence-corrected chi connectivity index (χ1v) is 13.0. The fraction of sp³-hybridized carbons (Fsp3) is 0.650. The van der Waals surface area contributed by atoms with E-state index in [9.17, 15) is 8.42 Å². The van der Waals surface area contributed by atoms with Gasteiger partial charge in [0.25, 0.3) is 0 Å². The Morgan fingerprint density at radius 1 is 1.28 bits per heavy atom. The van der Waals surface area contributed by atoms with Gasteiger partial charge in [-0.3, -0.25) is 4.99 Å². The van der Waals surface area contributed by atoms with Gasteiger partial charge in [-0.05, 0) is 25.0 Å². The highest BCUT2D eigenvalue weighted by molar-refractivity contribution is 7.99. The number of ether oxygens (including phenoxy) is 1. The highest BCUT2D eigenvalue weighted by Gasteiger charge is 2.26. The van der Waals surface area contributed by atoms with Crippen molar-refractivity contribution in [1.82, 2.24) is 14.5 Å². The van der Waals surface area contributed by atoms with Crippen molar-refractivity contribution < 1.29 is 13.2 Å². The molecular weight excluding hydrogens is 408 g/mol. The van der Waals surface area contributed by atoms with Gasteiger partial charge in [0.05, 0.1) is 25.4 Å². The van der Waals surface area contributed by atoms with E-state index < -0.39 is 10.0 Å². The summed E-state index contributed by atoms with van der Waals surface area (Å²) in [6, 6.07) is 8.28. The maximum Gasteiger partial charge on any atom is 0.215 e. The lowest BCUT2D eigenvalue weighted by molar-refractivity contribution is -0.00831. The average molecular weight is 441 g/mol. The molecule has 2 fully saturated rings. The summed E-state index contributed by atoms with van der Waals surface area (Å²) < 4.78 is 32.8. The molecule has 0 aliphatic carbocycles. The molecule has 2 heterocycles. The minimum Gasteiger partial charge on any atom is -0.370 e. The van der Waals surface area contributed by atoms with Crippen LogP contribution >= 0.6 is 11.8 Å². The second-order valence-corrected chi connectivity index (χ2v) is 10.5. The molecule has 7 nitrogen and oxygen atoms in total. The first-order chi connectivity index (χ1) is 14.0. The topological polar surface area (TPSA) is 74.2 Å². The zero-order valence-electron chi connectivity index (χ0n) is 17.3. The number of nitrogens with one attached hydrogen (secondary N) is 1. The maximum atomic E-state index is 12.6. The Labute approximate surface area is 178 Å². The fourth-order valence-electron chi connectivity index (χ4n) is 3.62. The molecule has 2 aliphatic heterocycles. The Morgan fingerprint density at radius 2 is 2.03 bits per heavy atom. The molecule has 0 aromatic heterocycles. The standard InChI is InChI=1S/C20H32N4O3S2/c1-3-21-20(22-8-15-29(25,26)24-10-13-28-14-11-24)23-9-12-27-19(16-23)18-7-5-4-6-17(18)2/h4-7,19H,3,8-16H2,1-2H3,(H,21,22). The van der Waals surface area contributed by atoms with Gasteiger partial charge in [-0.2, -0.15) is 11.8 Å².